The summed E-state index contributed by atoms with van der Waals surface area (Å²) in [6, 6.07) is 6.32. The first-order valence-corrected chi connectivity index (χ1v) is 9.03. The van der Waals surface area contributed by atoms with Gasteiger partial charge in [-0.3, -0.25) is 0 Å². The van der Waals surface area contributed by atoms with E-state index in [2.05, 4.69) is 16.7 Å². The molecule has 1 fully saturated rings. The fourth-order valence-corrected chi connectivity index (χ4v) is 3.90. The monoisotopic (exact) mass is 325 g/mol. The van der Waals surface area contributed by atoms with Crippen LogP contribution in [0.4, 0.5) is 0 Å². The van der Waals surface area contributed by atoms with Crippen LogP contribution in [-0.2, 0) is 6.54 Å². The molecule has 1 saturated carbocycles. The van der Waals surface area contributed by atoms with Gasteiger partial charge in [0.25, 0.3) is 0 Å². The van der Waals surface area contributed by atoms with E-state index < -0.39 is 0 Å². The van der Waals surface area contributed by atoms with Gasteiger partial charge in [0.2, 0.25) is 0 Å². The first kappa shape index (κ1) is 15.3. The van der Waals surface area contributed by atoms with Gasteiger partial charge in [0.1, 0.15) is 19.0 Å². The molecule has 0 N–H and O–H groups in total. The van der Waals surface area contributed by atoms with E-state index in [0.29, 0.717) is 25.6 Å². The summed E-state index contributed by atoms with van der Waals surface area (Å²) >= 11 is 0. The number of nitrogens with zero attached hydrogens (tertiary/aromatic N) is 3. The highest BCUT2D eigenvalue weighted by atomic mass is 16.6. The minimum atomic E-state index is 0.534. The Labute approximate surface area is 142 Å². The number of hydrogen-bond donors (Lipinski definition) is 0. The van der Waals surface area contributed by atoms with Gasteiger partial charge in [0.15, 0.2) is 11.5 Å². The molecule has 2 heterocycles. The van der Waals surface area contributed by atoms with E-state index in [9.17, 15) is 0 Å². The summed E-state index contributed by atoms with van der Waals surface area (Å²) in [5.74, 6) is 3.33. The summed E-state index contributed by atoms with van der Waals surface area (Å²) < 4.78 is 13.8. The summed E-state index contributed by atoms with van der Waals surface area (Å²) in [5, 5.41) is 8.87. The van der Waals surface area contributed by atoms with E-state index in [1.807, 2.05) is 6.07 Å². The van der Waals surface area contributed by atoms with Crippen molar-refractivity contribution in [3.8, 4) is 17.6 Å². The fraction of sp³-hybridized carbons (Fsp3) is 0.579. The van der Waals surface area contributed by atoms with Crippen molar-refractivity contribution in [3.63, 3.8) is 0 Å². The molecule has 5 nitrogen and oxygen atoms in total. The van der Waals surface area contributed by atoms with Gasteiger partial charge in [0, 0.05) is 31.0 Å². The van der Waals surface area contributed by atoms with Crippen LogP contribution in [0.25, 0.3) is 11.0 Å². The maximum atomic E-state index is 8.87. The van der Waals surface area contributed by atoms with Crippen LogP contribution >= 0.6 is 0 Å². The summed E-state index contributed by atoms with van der Waals surface area (Å²) in [4.78, 5) is 4.97. The molecule has 1 aromatic heterocycles. The topological polar surface area (TPSA) is 60.1 Å². The van der Waals surface area contributed by atoms with E-state index in [1.54, 1.807) is 0 Å². The third-order valence-corrected chi connectivity index (χ3v) is 5.08. The smallest absolute Gasteiger partial charge is 0.163 e. The molecule has 0 saturated heterocycles. The largest absolute Gasteiger partial charge is 0.486 e. The number of unbranched alkanes of at least 4 members (excludes halogenated alkanes) is 1. The van der Waals surface area contributed by atoms with Crippen LogP contribution in [-0.4, -0.2) is 22.8 Å². The highest BCUT2D eigenvalue weighted by molar-refractivity contribution is 5.81. The van der Waals surface area contributed by atoms with Gasteiger partial charge in [-0.25, -0.2) is 4.98 Å². The lowest BCUT2D eigenvalue weighted by Crippen LogP contribution is -2.15. The predicted octanol–water partition coefficient (Wildman–Crippen LogP) is 4.16. The van der Waals surface area contributed by atoms with Crippen LogP contribution in [0.2, 0.25) is 0 Å². The molecule has 5 heteroatoms. The Balaban J connectivity index is 1.77. The van der Waals surface area contributed by atoms with Crippen molar-refractivity contribution in [1.29, 1.82) is 5.26 Å². The Hall–Kier alpha value is -2.22. The quantitative estimate of drug-likeness (QED) is 0.792. The number of rotatable bonds is 4. The molecule has 24 heavy (non-hydrogen) atoms. The van der Waals surface area contributed by atoms with Crippen molar-refractivity contribution >= 4 is 11.0 Å². The molecular formula is C19H23N3O2. The number of benzene rings is 1. The SMILES string of the molecule is N#CCCCn1c(C2CCCCC2)nc2cc3c(cc21)OCCO3. The van der Waals surface area contributed by atoms with Crippen molar-refractivity contribution < 1.29 is 9.47 Å². The second-order valence-electron chi connectivity index (χ2n) is 6.70. The Bertz CT molecular complexity index is 769. The molecular weight excluding hydrogens is 302 g/mol. The van der Waals surface area contributed by atoms with Gasteiger partial charge in [-0.1, -0.05) is 19.3 Å². The fourth-order valence-electron chi connectivity index (χ4n) is 3.90. The molecule has 0 amide bonds. The number of fused-ring (bicyclic) bond motifs is 2. The van der Waals surface area contributed by atoms with Crippen molar-refractivity contribution in [2.75, 3.05) is 13.2 Å². The Morgan fingerprint density at radius 1 is 1.12 bits per heavy atom. The minimum absolute atomic E-state index is 0.534. The molecule has 2 aliphatic rings. The van der Waals surface area contributed by atoms with Gasteiger partial charge in [0.05, 0.1) is 17.1 Å². The minimum Gasteiger partial charge on any atom is -0.486 e. The number of aromatic nitrogens is 2. The molecule has 1 aromatic carbocycles. The Morgan fingerprint density at radius 2 is 1.88 bits per heavy atom. The van der Waals surface area contributed by atoms with Crippen molar-refractivity contribution in [1.82, 2.24) is 9.55 Å². The third-order valence-electron chi connectivity index (χ3n) is 5.08. The average Bonchev–Trinajstić information content (AvgIpc) is 2.98. The molecule has 4 rings (SSSR count). The summed E-state index contributed by atoms with van der Waals surface area (Å²) in [6.45, 7) is 2.03. The van der Waals surface area contributed by atoms with Crippen LogP contribution in [0.5, 0.6) is 11.5 Å². The number of hydrogen-bond acceptors (Lipinski definition) is 4. The molecule has 126 valence electrons. The zero-order valence-electron chi connectivity index (χ0n) is 14.0. The number of imidazole rings is 1. The normalized spacial score (nSPS) is 17.8. The Morgan fingerprint density at radius 3 is 2.62 bits per heavy atom. The van der Waals surface area contributed by atoms with E-state index in [4.69, 9.17) is 19.7 Å². The highest BCUT2D eigenvalue weighted by Crippen LogP contribution is 2.38. The van der Waals surface area contributed by atoms with E-state index in [0.717, 1.165) is 35.5 Å². The lowest BCUT2D eigenvalue weighted by atomic mass is 9.88. The third kappa shape index (κ3) is 2.82. The zero-order chi connectivity index (χ0) is 16.4. The van der Waals surface area contributed by atoms with E-state index in [1.165, 1.54) is 37.9 Å². The first-order valence-electron chi connectivity index (χ1n) is 9.03. The zero-order valence-corrected chi connectivity index (χ0v) is 14.0. The molecule has 0 bridgehead atoms. The van der Waals surface area contributed by atoms with Gasteiger partial charge < -0.3 is 14.0 Å². The average molecular weight is 325 g/mol. The summed E-state index contributed by atoms with van der Waals surface area (Å²) in [5.41, 5.74) is 2.09. The van der Waals surface area contributed by atoms with Crippen molar-refractivity contribution in [3.05, 3.63) is 18.0 Å². The van der Waals surface area contributed by atoms with Crippen LogP contribution in [0, 0.1) is 11.3 Å². The maximum absolute atomic E-state index is 8.87. The molecule has 0 atom stereocenters. The van der Waals surface area contributed by atoms with Crippen LogP contribution in [0.3, 0.4) is 0 Å². The van der Waals surface area contributed by atoms with Crippen LogP contribution < -0.4 is 9.47 Å². The molecule has 1 aliphatic carbocycles. The van der Waals surface area contributed by atoms with Gasteiger partial charge in [-0.2, -0.15) is 5.26 Å². The first-order chi connectivity index (χ1) is 11.9. The van der Waals surface area contributed by atoms with Gasteiger partial charge in [-0.05, 0) is 19.3 Å². The highest BCUT2D eigenvalue weighted by Gasteiger charge is 2.24. The lowest BCUT2D eigenvalue weighted by Gasteiger charge is -2.22. The van der Waals surface area contributed by atoms with Crippen molar-refractivity contribution in [2.24, 2.45) is 0 Å². The summed E-state index contributed by atoms with van der Waals surface area (Å²) in [6.07, 6.45) is 7.78. The number of ether oxygens (including phenoxy) is 2. The molecule has 0 unspecified atom stereocenters. The molecule has 2 aromatic rings. The predicted molar refractivity (Wildman–Crippen MR) is 91.4 cm³/mol. The standard InChI is InChI=1S/C19H23N3O2/c20-8-4-5-9-22-16-13-18-17(23-10-11-24-18)12-15(16)21-19(22)14-6-2-1-3-7-14/h12-14H,1-7,9-11H2. The van der Waals surface area contributed by atoms with Crippen LogP contribution in [0.1, 0.15) is 56.7 Å². The summed E-state index contributed by atoms with van der Waals surface area (Å²) in [7, 11) is 0. The molecule has 1 aliphatic heterocycles. The molecule has 0 spiro atoms. The second-order valence-corrected chi connectivity index (χ2v) is 6.70. The molecule has 0 radical (unpaired) electrons. The number of nitriles is 1. The maximum Gasteiger partial charge on any atom is 0.163 e. The van der Waals surface area contributed by atoms with Crippen molar-refractivity contribution in [2.45, 2.75) is 57.4 Å². The van der Waals surface area contributed by atoms with E-state index >= 15 is 0 Å². The van der Waals surface area contributed by atoms with E-state index in [-0.39, 0.29) is 0 Å². The Kier molecular flexibility index (Phi) is 4.29. The second kappa shape index (κ2) is 6.72. The lowest BCUT2D eigenvalue weighted by molar-refractivity contribution is 0.172. The van der Waals surface area contributed by atoms with Gasteiger partial charge >= 0.3 is 0 Å². The number of aryl methyl sites for hydroxylation is 1. The van der Waals surface area contributed by atoms with Crippen LogP contribution in [0.15, 0.2) is 12.1 Å². The van der Waals surface area contributed by atoms with Gasteiger partial charge in [-0.15, -0.1) is 0 Å².